The summed E-state index contributed by atoms with van der Waals surface area (Å²) < 4.78 is 20.7. The maximum absolute atomic E-state index is 11.7. The van der Waals surface area contributed by atoms with E-state index >= 15 is 0 Å². The van der Waals surface area contributed by atoms with Crippen molar-refractivity contribution < 1.29 is 23.7 Å². The van der Waals surface area contributed by atoms with E-state index in [1.165, 1.54) is 0 Å². The molecule has 0 amide bonds. The summed E-state index contributed by atoms with van der Waals surface area (Å²) in [5.41, 5.74) is 1.01. The zero-order chi connectivity index (χ0) is 15.2. The SMILES string of the molecule is COCCOCCOCCOCC(=O)Cc1ccccc1. The number of Topliss-reactive ketones (excluding diaryl/α,β-unsaturated/α-hetero) is 1. The summed E-state index contributed by atoms with van der Waals surface area (Å²) in [6.45, 7) is 3.23. The summed E-state index contributed by atoms with van der Waals surface area (Å²) in [5.74, 6) is 0.0732. The molecule has 0 N–H and O–H groups in total. The Morgan fingerprint density at radius 3 is 2.05 bits per heavy atom. The van der Waals surface area contributed by atoms with Gasteiger partial charge in [0.2, 0.25) is 0 Å². The van der Waals surface area contributed by atoms with E-state index in [1.54, 1.807) is 7.11 Å². The van der Waals surface area contributed by atoms with Crippen molar-refractivity contribution in [2.45, 2.75) is 6.42 Å². The minimum absolute atomic E-state index is 0.0732. The maximum atomic E-state index is 11.7. The van der Waals surface area contributed by atoms with Crippen LogP contribution in [0.25, 0.3) is 0 Å². The van der Waals surface area contributed by atoms with Crippen LogP contribution >= 0.6 is 0 Å². The lowest BCUT2D eigenvalue weighted by Gasteiger charge is -2.06. The third-order valence-corrected chi connectivity index (χ3v) is 2.68. The van der Waals surface area contributed by atoms with E-state index in [9.17, 15) is 4.79 Å². The molecule has 0 aliphatic rings. The van der Waals surface area contributed by atoms with Crippen molar-refractivity contribution in [3.8, 4) is 0 Å². The van der Waals surface area contributed by atoms with E-state index in [0.29, 0.717) is 46.1 Å². The van der Waals surface area contributed by atoms with Crippen LogP contribution in [0.2, 0.25) is 0 Å². The first-order chi connectivity index (χ1) is 10.3. The lowest BCUT2D eigenvalue weighted by molar-refractivity contribution is -0.123. The molecule has 0 aliphatic carbocycles. The Hall–Kier alpha value is -1.27. The number of ether oxygens (including phenoxy) is 4. The highest BCUT2D eigenvalue weighted by Crippen LogP contribution is 2.00. The highest BCUT2D eigenvalue weighted by atomic mass is 16.6. The third kappa shape index (κ3) is 10.1. The quantitative estimate of drug-likeness (QED) is 0.516. The predicted octanol–water partition coefficient (Wildman–Crippen LogP) is 1.49. The van der Waals surface area contributed by atoms with Gasteiger partial charge in [-0.3, -0.25) is 4.79 Å². The lowest BCUT2D eigenvalue weighted by atomic mass is 10.1. The number of benzene rings is 1. The van der Waals surface area contributed by atoms with Gasteiger partial charge >= 0.3 is 0 Å². The van der Waals surface area contributed by atoms with Gasteiger partial charge in [0.25, 0.3) is 0 Å². The van der Waals surface area contributed by atoms with E-state index in [1.807, 2.05) is 30.3 Å². The molecule has 0 bridgehead atoms. The molecule has 0 fully saturated rings. The fraction of sp³-hybridized carbons (Fsp3) is 0.562. The second-order valence-corrected chi connectivity index (χ2v) is 4.47. The van der Waals surface area contributed by atoms with Gasteiger partial charge in [-0.15, -0.1) is 0 Å². The molecule has 5 heteroatoms. The number of carbonyl (C=O) groups excluding carboxylic acids is 1. The van der Waals surface area contributed by atoms with Crippen LogP contribution in [0.4, 0.5) is 0 Å². The van der Waals surface area contributed by atoms with Gasteiger partial charge in [-0.05, 0) is 5.56 Å². The van der Waals surface area contributed by atoms with Gasteiger partial charge in [-0.2, -0.15) is 0 Å². The second-order valence-electron chi connectivity index (χ2n) is 4.47. The number of carbonyl (C=O) groups is 1. The molecule has 0 unspecified atom stereocenters. The first kappa shape index (κ1) is 17.8. The third-order valence-electron chi connectivity index (χ3n) is 2.68. The monoisotopic (exact) mass is 296 g/mol. The summed E-state index contributed by atoms with van der Waals surface area (Å²) in [4.78, 5) is 11.7. The Morgan fingerprint density at radius 1 is 0.857 bits per heavy atom. The van der Waals surface area contributed by atoms with Crippen LogP contribution in [0, 0.1) is 0 Å². The molecular formula is C16H24O5. The molecular weight excluding hydrogens is 272 g/mol. The molecule has 0 aromatic heterocycles. The van der Waals surface area contributed by atoms with Crippen LogP contribution in [-0.2, 0) is 30.2 Å². The Morgan fingerprint density at radius 2 is 1.43 bits per heavy atom. The zero-order valence-corrected chi connectivity index (χ0v) is 12.6. The Labute approximate surface area is 126 Å². The molecule has 0 heterocycles. The average Bonchev–Trinajstić information content (AvgIpc) is 2.50. The van der Waals surface area contributed by atoms with Crippen LogP contribution in [0.5, 0.6) is 0 Å². The van der Waals surface area contributed by atoms with E-state index in [2.05, 4.69) is 0 Å². The van der Waals surface area contributed by atoms with Crippen molar-refractivity contribution >= 4 is 5.78 Å². The highest BCUT2D eigenvalue weighted by molar-refractivity contribution is 5.81. The van der Waals surface area contributed by atoms with Crippen molar-refractivity contribution in [2.24, 2.45) is 0 Å². The second kappa shape index (κ2) is 12.5. The van der Waals surface area contributed by atoms with E-state index in [0.717, 1.165) is 5.56 Å². The molecule has 118 valence electrons. The number of ketones is 1. The van der Waals surface area contributed by atoms with Crippen LogP contribution in [-0.4, -0.2) is 59.1 Å². The molecule has 1 aromatic rings. The minimum atomic E-state index is 0.0732. The van der Waals surface area contributed by atoms with Crippen LogP contribution in [0.15, 0.2) is 30.3 Å². The zero-order valence-electron chi connectivity index (χ0n) is 12.6. The van der Waals surface area contributed by atoms with Gasteiger partial charge in [0.1, 0.15) is 6.61 Å². The van der Waals surface area contributed by atoms with E-state index in [-0.39, 0.29) is 12.4 Å². The summed E-state index contributed by atoms with van der Waals surface area (Å²) >= 11 is 0. The van der Waals surface area contributed by atoms with E-state index < -0.39 is 0 Å². The van der Waals surface area contributed by atoms with Crippen molar-refractivity contribution in [3.05, 3.63) is 35.9 Å². The van der Waals surface area contributed by atoms with Gasteiger partial charge < -0.3 is 18.9 Å². The maximum Gasteiger partial charge on any atom is 0.162 e. The summed E-state index contributed by atoms with van der Waals surface area (Å²) in [6, 6.07) is 9.65. The number of hydrogen-bond acceptors (Lipinski definition) is 5. The predicted molar refractivity (Wildman–Crippen MR) is 79.5 cm³/mol. The van der Waals surface area contributed by atoms with Gasteiger partial charge in [0, 0.05) is 13.5 Å². The van der Waals surface area contributed by atoms with Crippen molar-refractivity contribution in [1.82, 2.24) is 0 Å². The molecule has 0 aliphatic heterocycles. The number of rotatable bonds is 13. The number of methoxy groups -OCH3 is 1. The first-order valence-corrected chi connectivity index (χ1v) is 7.10. The summed E-state index contributed by atoms with van der Waals surface area (Å²) in [6.07, 6.45) is 0.412. The summed E-state index contributed by atoms with van der Waals surface area (Å²) in [7, 11) is 1.64. The first-order valence-electron chi connectivity index (χ1n) is 7.10. The smallest absolute Gasteiger partial charge is 0.162 e. The largest absolute Gasteiger partial charge is 0.382 e. The molecule has 5 nitrogen and oxygen atoms in total. The number of hydrogen-bond donors (Lipinski definition) is 0. The Bertz CT molecular complexity index is 366. The highest BCUT2D eigenvalue weighted by Gasteiger charge is 2.03. The minimum Gasteiger partial charge on any atom is -0.382 e. The van der Waals surface area contributed by atoms with Gasteiger partial charge in [-0.1, -0.05) is 30.3 Å². The molecule has 21 heavy (non-hydrogen) atoms. The Balaban J connectivity index is 1.89. The van der Waals surface area contributed by atoms with Crippen LogP contribution in [0.1, 0.15) is 5.56 Å². The lowest BCUT2D eigenvalue weighted by Crippen LogP contribution is -2.15. The molecule has 0 atom stereocenters. The van der Waals surface area contributed by atoms with E-state index in [4.69, 9.17) is 18.9 Å². The van der Waals surface area contributed by atoms with Gasteiger partial charge in [0.15, 0.2) is 5.78 Å². The fourth-order valence-electron chi connectivity index (χ4n) is 1.64. The molecule has 1 rings (SSSR count). The van der Waals surface area contributed by atoms with Gasteiger partial charge in [0.05, 0.1) is 39.6 Å². The Kier molecular flexibility index (Phi) is 10.6. The van der Waals surface area contributed by atoms with Crippen molar-refractivity contribution in [1.29, 1.82) is 0 Å². The van der Waals surface area contributed by atoms with Crippen LogP contribution < -0.4 is 0 Å². The molecule has 0 saturated heterocycles. The van der Waals surface area contributed by atoms with Crippen molar-refractivity contribution in [3.63, 3.8) is 0 Å². The average molecular weight is 296 g/mol. The standard InChI is InChI=1S/C16H24O5/c1-18-7-8-19-9-10-20-11-12-21-14-16(17)13-15-5-3-2-4-6-15/h2-6H,7-14H2,1H3. The summed E-state index contributed by atoms with van der Waals surface area (Å²) in [5, 5.41) is 0. The molecule has 0 spiro atoms. The fourth-order valence-corrected chi connectivity index (χ4v) is 1.64. The normalized spacial score (nSPS) is 10.7. The molecule has 0 saturated carbocycles. The topological polar surface area (TPSA) is 54.0 Å². The van der Waals surface area contributed by atoms with Gasteiger partial charge in [-0.25, -0.2) is 0 Å². The van der Waals surface area contributed by atoms with Crippen LogP contribution in [0.3, 0.4) is 0 Å². The molecule has 0 radical (unpaired) electrons. The molecule has 1 aromatic carbocycles. The van der Waals surface area contributed by atoms with Crippen molar-refractivity contribution in [2.75, 3.05) is 53.4 Å².